The van der Waals surface area contributed by atoms with Gasteiger partial charge >= 0.3 is 0 Å². The first kappa shape index (κ1) is 19.8. The molecule has 1 N–H and O–H groups in total. The average molecular weight is 359 g/mol. The number of rotatable bonds is 7. The number of amides is 1. The predicted molar refractivity (Wildman–Crippen MR) is 98.4 cm³/mol. The molecule has 0 heterocycles. The normalized spacial score (nSPS) is 13.4. The second kappa shape index (κ2) is 8.06. The third-order valence-corrected chi connectivity index (χ3v) is 5.55. The molecule has 0 aliphatic rings. The zero-order valence-corrected chi connectivity index (χ0v) is 16.0. The molecule has 7 heteroatoms. The molecule has 0 saturated carbocycles. The van der Waals surface area contributed by atoms with Crippen molar-refractivity contribution >= 4 is 33.4 Å². The van der Waals surface area contributed by atoms with Crippen molar-refractivity contribution in [2.24, 2.45) is 0 Å². The number of hydrogen-bond donors (Lipinski definition) is 1. The monoisotopic (exact) mass is 358 g/mol. The van der Waals surface area contributed by atoms with Crippen LogP contribution >= 0.6 is 11.8 Å². The van der Waals surface area contributed by atoms with E-state index in [4.69, 9.17) is 0 Å². The van der Waals surface area contributed by atoms with Gasteiger partial charge in [0, 0.05) is 17.0 Å². The van der Waals surface area contributed by atoms with Gasteiger partial charge in [-0.2, -0.15) is 11.8 Å². The Labute approximate surface area is 143 Å². The van der Waals surface area contributed by atoms with Gasteiger partial charge in [-0.3, -0.25) is 9.10 Å². The molecule has 1 aromatic carbocycles. The first-order chi connectivity index (χ1) is 10.5. The summed E-state index contributed by atoms with van der Waals surface area (Å²) in [5, 5.41) is 2.81. The molecule has 0 fully saturated rings. The Bertz CT molecular complexity index is 610. The molecule has 0 aliphatic heterocycles. The summed E-state index contributed by atoms with van der Waals surface area (Å²) in [5.41, 5.74) is 0.488. The third kappa shape index (κ3) is 6.83. The van der Waals surface area contributed by atoms with E-state index < -0.39 is 16.1 Å². The fourth-order valence-electron chi connectivity index (χ4n) is 2.06. The highest BCUT2D eigenvalue weighted by Crippen LogP contribution is 2.22. The summed E-state index contributed by atoms with van der Waals surface area (Å²) in [6.45, 7) is 8.45. The van der Waals surface area contributed by atoms with Gasteiger partial charge in [-0.15, -0.1) is 0 Å². The smallest absolute Gasteiger partial charge is 0.243 e. The lowest BCUT2D eigenvalue weighted by molar-refractivity contribution is -0.121. The Kier molecular flexibility index (Phi) is 6.95. The molecule has 0 radical (unpaired) electrons. The Balaban J connectivity index is 2.74. The molecule has 0 spiro atoms. The zero-order valence-electron chi connectivity index (χ0n) is 14.4. The summed E-state index contributed by atoms with van der Waals surface area (Å²) in [4.78, 5) is 12.3. The quantitative estimate of drug-likeness (QED) is 0.761. The van der Waals surface area contributed by atoms with Gasteiger partial charge in [0.05, 0.1) is 11.9 Å². The Morgan fingerprint density at radius 2 is 1.83 bits per heavy atom. The molecule has 1 rings (SSSR count). The summed E-state index contributed by atoms with van der Waals surface area (Å²) in [6.07, 6.45) is 1.11. The van der Waals surface area contributed by atoms with Gasteiger partial charge in [0.15, 0.2) is 0 Å². The maximum Gasteiger partial charge on any atom is 0.243 e. The van der Waals surface area contributed by atoms with Crippen LogP contribution in [0.4, 0.5) is 5.69 Å². The minimum absolute atomic E-state index is 0.138. The summed E-state index contributed by atoms with van der Waals surface area (Å²) in [7, 11) is -3.55. The lowest BCUT2D eigenvalue weighted by atomic mass is 10.2. The molecule has 0 bridgehead atoms. The van der Waals surface area contributed by atoms with Gasteiger partial charge in [0.1, 0.15) is 6.04 Å². The zero-order chi connectivity index (χ0) is 17.7. The molecule has 5 nitrogen and oxygen atoms in total. The van der Waals surface area contributed by atoms with Gasteiger partial charge < -0.3 is 5.32 Å². The standard InChI is InChI=1S/C16H26N2O3S2/c1-13(15(19)17-11-12-22-16(2,3)4)18(23(5,20)21)14-9-7-6-8-10-14/h6-10,13H,11-12H2,1-5H3,(H,17,19)/t13-/m1/s1. The maximum absolute atomic E-state index is 12.3. The Hall–Kier alpha value is -1.21. The van der Waals surface area contributed by atoms with Crippen LogP contribution in [0.5, 0.6) is 0 Å². The van der Waals surface area contributed by atoms with Crippen LogP contribution in [-0.2, 0) is 14.8 Å². The Morgan fingerprint density at radius 1 is 1.26 bits per heavy atom. The number of para-hydroxylation sites is 1. The van der Waals surface area contributed by atoms with Crippen molar-refractivity contribution in [2.45, 2.75) is 38.5 Å². The number of benzene rings is 1. The van der Waals surface area contributed by atoms with Crippen LogP contribution in [0.1, 0.15) is 27.7 Å². The van der Waals surface area contributed by atoms with Crippen LogP contribution in [0.2, 0.25) is 0 Å². The number of nitrogens with one attached hydrogen (secondary N) is 1. The lowest BCUT2D eigenvalue weighted by Crippen LogP contribution is -2.48. The molecule has 130 valence electrons. The number of carbonyl (C=O) groups is 1. The molecule has 0 unspecified atom stereocenters. The minimum Gasteiger partial charge on any atom is -0.353 e. The molecular formula is C16H26N2O3S2. The summed E-state index contributed by atoms with van der Waals surface area (Å²) < 4.78 is 25.5. The van der Waals surface area contributed by atoms with E-state index in [1.165, 1.54) is 0 Å². The SMILES string of the molecule is C[C@H](C(=O)NCCSC(C)(C)C)N(c1ccccc1)S(C)(=O)=O. The van der Waals surface area contributed by atoms with Crippen LogP contribution in [0, 0.1) is 0 Å². The van der Waals surface area contributed by atoms with Crippen LogP contribution in [0.25, 0.3) is 0 Å². The molecule has 0 aromatic heterocycles. The first-order valence-electron chi connectivity index (χ1n) is 7.48. The van der Waals surface area contributed by atoms with Crippen LogP contribution < -0.4 is 9.62 Å². The number of thioether (sulfide) groups is 1. The van der Waals surface area contributed by atoms with Crippen molar-refractivity contribution in [3.8, 4) is 0 Å². The van der Waals surface area contributed by atoms with E-state index in [0.29, 0.717) is 12.2 Å². The first-order valence-corrected chi connectivity index (χ1v) is 10.3. The van der Waals surface area contributed by atoms with Crippen molar-refractivity contribution < 1.29 is 13.2 Å². The number of hydrogen-bond acceptors (Lipinski definition) is 4. The molecule has 1 atom stereocenters. The third-order valence-electron chi connectivity index (χ3n) is 3.04. The number of nitrogens with zero attached hydrogens (tertiary/aromatic N) is 1. The minimum atomic E-state index is -3.55. The number of sulfonamides is 1. The number of carbonyl (C=O) groups excluding carboxylic acids is 1. The van der Waals surface area contributed by atoms with Crippen LogP contribution in [0.15, 0.2) is 30.3 Å². The van der Waals surface area contributed by atoms with Gasteiger partial charge in [-0.05, 0) is 19.1 Å². The molecular weight excluding hydrogens is 332 g/mol. The topological polar surface area (TPSA) is 66.5 Å². The van der Waals surface area contributed by atoms with Gasteiger partial charge in [-0.25, -0.2) is 8.42 Å². The molecule has 0 saturated heterocycles. The van der Waals surface area contributed by atoms with Gasteiger partial charge in [-0.1, -0.05) is 39.0 Å². The van der Waals surface area contributed by atoms with Crippen molar-refractivity contribution in [1.82, 2.24) is 5.32 Å². The van der Waals surface area contributed by atoms with Crippen molar-refractivity contribution in [3.63, 3.8) is 0 Å². The highest BCUT2D eigenvalue weighted by molar-refractivity contribution is 8.00. The second-order valence-electron chi connectivity index (χ2n) is 6.32. The summed E-state index contributed by atoms with van der Waals surface area (Å²) >= 11 is 1.75. The summed E-state index contributed by atoms with van der Waals surface area (Å²) in [5.74, 6) is 0.486. The van der Waals surface area contributed by atoms with Crippen LogP contribution in [-0.4, -0.2) is 43.7 Å². The van der Waals surface area contributed by atoms with E-state index in [0.717, 1.165) is 16.3 Å². The fraction of sp³-hybridized carbons (Fsp3) is 0.562. The fourth-order valence-corrected chi connectivity index (χ4v) is 4.05. The van der Waals surface area contributed by atoms with E-state index in [1.54, 1.807) is 49.0 Å². The predicted octanol–water partition coefficient (Wildman–Crippen LogP) is 2.49. The highest BCUT2D eigenvalue weighted by atomic mass is 32.2. The van der Waals surface area contributed by atoms with Crippen LogP contribution in [0.3, 0.4) is 0 Å². The Morgan fingerprint density at radius 3 is 2.30 bits per heavy atom. The number of anilines is 1. The lowest BCUT2D eigenvalue weighted by Gasteiger charge is -2.28. The molecule has 1 aromatic rings. The average Bonchev–Trinajstić information content (AvgIpc) is 2.42. The largest absolute Gasteiger partial charge is 0.353 e. The molecule has 23 heavy (non-hydrogen) atoms. The van der Waals surface area contributed by atoms with Crippen molar-refractivity contribution in [2.75, 3.05) is 22.9 Å². The van der Waals surface area contributed by atoms with E-state index in [-0.39, 0.29) is 10.7 Å². The van der Waals surface area contributed by atoms with Crippen molar-refractivity contribution in [3.05, 3.63) is 30.3 Å². The van der Waals surface area contributed by atoms with E-state index >= 15 is 0 Å². The van der Waals surface area contributed by atoms with E-state index in [9.17, 15) is 13.2 Å². The maximum atomic E-state index is 12.3. The van der Waals surface area contributed by atoms with Crippen molar-refractivity contribution in [1.29, 1.82) is 0 Å². The van der Waals surface area contributed by atoms with E-state index in [2.05, 4.69) is 26.1 Å². The van der Waals surface area contributed by atoms with E-state index in [1.807, 2.05) is 0 Å². The summed E-state index contributed by atoms with van der Waals surface area (Å²) in [6, 6.07) is 7.86. The molecule has 1 amide bonds. The highest BCUT2D eigenvalue weighted by Gasteiger charge is 2.28. The molecule has 0 aliphatic carbocycles. The second-order valence-corrected chi connectivity index (χ2v) is 10.1. The van der Waals surface area contributed by atoms with Gasteiger partial charge in [0.25, 0.3) is 0 Å². The van der Waals surface area contributed by atoms with Gasteiger partial charge in [0.2, 0.25) is 15.9 Å².